The van der Waals surface area contributed by atoms with E-state index in [9.17, 15) is 9.59 Å². The molecule has 4 rings (SSSR count). The van der Waals surface area contributed by atoms with Crippen LogP contribution in [0.2, 0.25) is 0 Å². The Morgan fingerprint density at radius 2 is 1.84 bits per heavy atom. The van der Waals surface area contributed by atoms with Gasteiger partial charge < -0.3 is 15.4 Å². The van der Waals surface area contributed by atoms with E-state index in [0.29, 0.717) is 29.3 Å². The SMILES string of the molecule is CCc1ccc(Oc2cccc(NC(=O)N3CCc4cc(C)ccc43)c2)cc1C(=O)NC. The number of carbonyl (C=O) groups is 2. The van der Waals surface area contributed by atoms with Crippen LogP contribution in [0.1, 0.15) is 34.0 Å². The summed E-state index contributed by atoms with van der Waals surface area (Å²) in [5.74, 6) is 0.995. The number of hydrogen-bond acceptors (Lipinski definition) is 3. The van der Waals surface area contributed by atoms with Crippen LogP contribution in [-0.4, -0.2) is 25.5 Å². The van der Waals surface area contributed by atoms with Crippen molar-refractivity contribution in [2.75, 3.05) is 23.8 Å². The molecule has 0 spiro atoms. The minimum absolute atomic E-state index is 0.144. The number of rotatable bonds is 5. The fourth-order valence-corrected chi connectivity index (χ4v) is 3.98. The number of benzene rings is 3. The molecule has 1 heterocycles. The van der Waals surface area contributed by atoms with Crippen molar-refractivity contribution in [2.45, 2.75) is 26.7 Å². The van der Waals surface area contributed by atoms with Crippen LogP contribution in [-0.2, 0) is 12.8 Å². The molecule has 32 heavy (non-hydrogen) atoms. The van der Waals surface area contributed by atoms with Crippen molar-refractivity contribution < 1.29 is 14.3 Å². The van der Waals surface area contributed by atoms with Gasteiger partial charge in [-0.1, -0.05) is 36.8 Å². The summed E-state index contributed by atoms with van der Waals surface area (Å²) in [6, 6.07) is 18.7. The lowest BCUT2D eigenvalue weighted by Crippen LogP contribution is -2.33. The van der Waals surface area contributed by atoms with Gasteiger partial charge >= 0.3 is 6.03 Å². The second-order valence-electron chi connectivity index (χ2n) is 7.85. The predicted octanol–water partition coefficient (Wildman–Crippen LogP) is 5.30. The lowest BCUT2D eigenvalue weighted by Gasteiger charge is -2.18. The van der Waals surface area contributed by atoms with Gasteiger partial charge in [-0.25, -0.2) is 4.79 Å². The lowest BCUT2D eigenvalue weighted by atomic mass is 10.0. The molecule has 3 aromatic rings. The first-order valence-electron chi connectivity index (χ1n) is 10.8. The normalized spacial score (nSPS) is 12.3. The molecule has 0 atom stereocenters. The van der Waals surface area contributed by atoms with Crippen molar-refractivity contribution in [3.8, 4) is 11.5 Å². The molecule has 6 heteroatoms. The van der Waals surface area contributed by atoms with E-state index in [1.165, 1.54) is 11.1 Å². The maximum Gasteiger partial charge on any atom is 0.326 e. The molecule has 3 amide bonds. The predicted molar refractivity (Wildman–Crippen MR) is 127 cm³/mol. The van der Waals surface area contributed by atoms with Crippen LogP contribution in [0.4, 0.5) is 16.2 Å². The third kappa shape index (κ3) is 4.44. The van der Waals surface area contributed by atoms with Gasteiger partial charge in [0.25, 0.3) is 5.91 Å². The van der Waals surface area contributed by atoms with Crippen molar-refractivity contribution in [3.63, 3.8) is 0 Å². The topological polar surface area (TPSA) is 70.7 Å². The minimum atomic E-state index is -0.168. The van der Waals surface area contributed by atoms with Crippen LogP contribution in [0.3, 0.4) is 0 Å². The Balaban J connectivity index is 1.49. The average molecular weight is 430 g/mol. The molecule has 0 saturated heterocycles. The molecule has 2 N–H and O–H groups in total. The van der Waals surface area contributed by atoms with Gasteiger partial charge in [-0.15, -0.1) is 0 Å². The largest absolute Gasteiger partial charge is 0.457 e. The standard InChI is InChI=1S/C26H27N3O3/c1-4-18-9-10-22(16-23(18)25(30)27-3)32-21-7-5-6-20(15-21)28-26(31)29-13-12-19-14-17(2)8-11-24(19)29/h5-11,14-16H,4,12-13H2,1-3H3,(H,27,30)(H,28,31). The van der Waals surface area contributed by atoms with Crippen LogP contribution in [0.25, 0.3) is 0 Å². The molecule has 0 bridgehead atoms. The molecule has 164 valence electrons. The van der Waals surface area contributed by atoms with E-state index in [-0.39, 0.29) is 11.9 Å². The zero-order chi connectivity index (χ0) is 22.7. The third-order valence-electron chi connectivity index (χ3n) is 5.63. The summed E-state index contributed by atoms with van der Waals surface area (Å²) in [4.78, 5) is 26.8. The van der Waals surface area contributed by atoms with Crippen LogP contribution >= 0.6 is 0 Å². The highest BCUT2D eigenvalue weighted by Crippen LogP contribution is 2.30. The number of urea groups is 1. The summed E-state index contributed by atoms with van der Waals surface area (Å²) < 4.78 is 5.99. The Bertz CT molecular complexity index is 1170. The molecule has 0 unspecified atom stereocenters. The maximum absolute atomic E-state index is 12.9. The summed E-state index contributed by atoms with van der Waals surface area (Å²) in [7, 11) is 1.61. The highest BCUT2D eigenvalue weighted by atomic mass is 16.5. The first kappa shape index (κ1) is 21.4. The van der Waals surface area contributed by atoms with Gasteiger partial charge in [0.05, 0.1) is 0 Å². The highest BCUT2D eigenvalue weighted by molar-refractivity contribution is 6.03. The summed E-state index contributed by atoms with van der Waals surface area (Å²) in [6.45, 7) is 4.73. The minimum Gasteiger partial charge on any atom is -0.457 e. The molecule has 0 fully saturated rings. The first-order chi connectivity index (χ1) is 15.5. The first-order valence-corrected chi connectivity index (χ1v) is 10.8. The van der Waals surface area contributed by atoms with Gasteiger partial charge in [0.2, 0.25) is 0 Å². The van der Waals surface area contributed by atoms with Crippen molar-refractivity contribution in [1.82, 2.24) is 5.32 Å². The maximum atomic E-state index is 12.9. The molecule has 0 aliphatic carbocycles. The number of fused-ring (bicyclic) bond motifs is 1. The zero-order valence-corrected chi connectivity index (χ0v) is 18.6. The monoisotopic (exact) mass is 429 g/mol. The van der Waals surface area contributed by atoms with E-state index in [4.69, 9.17) is 4.74 Å². The lowest BCUT2D eigenvalue weighted by molar-refractivity contribution is 0.0962. The zero-order valence-electron chi connectivity index (χ0n) is 18.6. The third-order valence-corrected chi connectivity index (χ3v) is 5.63. The van der Waals surface area contributed by atoms with Gasteiger partial charge in [0.15, 0.2) is 0 Å². The van der Waals surface area contributed by atoms with Gasteiger partial charge in [0, 0.05) is 36.6 Å². The Labute approximate surface area is 188 Å². The summed E-state index contributed by atoms with van der Waals surface area (Å²) >= 11 is 0. The van der Waals surface area contributed by atoms with Crippen LogP contribution in [0.5, 0.6) is 11.5 Å². The number of nitrogens with zero attached hydrogens (tertiary/aromatic N) is 1. The number of hydrogen-bond donors (Lipinski definition) is 2. The molecular weight excluding hydrogens is 402 g/mol. The van der Waals surface area contributed by atoms with E-state index in [1.54, 1.807) is 24.1 Å². The molecule has 3 aromatic carbocycles. The summed E-state index contributed by atoms with van der Waals surface area (Å²) in [5.41, 5.74) is 5.55. The summed E-state index contributed by atoms with van der Waals surface area (Å²) in [5, 5.41) is 5.63. The molecule has 6 nitrogen and oxygen atoms in total. The van der Waals surface area contributed by atoms with Crippen molar-refractivity contribution in [3.05, 3.63) is 82.9 Å². The Morgan fingerprint density at radius 3 is 2.62 bits per heavy atom. The molecule has 0 saturated carbocycles. The quantitative estimate of drug-likeness (QED) is 0.578. The van der Waals surface area contributed by atoms with E-state index in [0.717, 1.165) is 24.1 Å². The Morgan fingerprint density at radius 1 is 1.03 bits per heavy atom. The second kappa shape index (κ2) is 9.14. The molecule has 1 aliphatic heterocycles. The van der Waals surface area contributed by atoms with Crippen molar-refractivity contribution in [1.29, 1.82) is 0 Å². The second-order valence-corrected chi connectivity index (χ2v) is 7.85. The van der Waals surface area contributed by atoms with Crippen LogP contribution in [0.15, 0.2) is 60.7 Å². The van der Waals surface area contributed by atoms with Gasteiger partial charge in [-0.3, -0.25) is 9.69 Å². The molecule has 0 radical (unpaired) electrons. The fourth-order valence-electron chi connectivity index (χ4n) is 3.98. The van der Waals surface area contributed by atoms with Crippen LogP contribution < -0.4 is 20.3 Å². The number of carbonyl (C=O) groups excluding carboxylic acids is 2. The highest BCUT2D eigenvalue weighted by Gasteiger charge is 2.24. The summed E-state index contributed by atoms with van der Waals surface area (Å²) in [6.07, 6.45) is 1.61. The average Bonchev–Trinajstić information content (AvgIpc) is 3.22. The van der Waals surface area contributed by atoms with Crippen molar-refractivity contribution >= 4 is 23.3 Å². The van der Waals surface area contributed by atoms with Gasteiger partial charge in [-0.2, -0.15) is 0 Å². The molecular formula is C26H27N3O3. The van der Waals surface area contributed by atoms with Crippen LogP contribution in [0, 0.1) is 6.92 Å². The molecule has 0 aromatic heterocycles. The Kier molecular flexibility index (Phi) is 6.12. The number of nitrogens with one attached hydrogen (secondary N) is 2. The molecule has 1 aliphatic rings. The number of anilines is 2. The van der Waals surface area contributed by atoms with E-state index in [1.807, 2.05) is 49.4 Å². The van der Waals surface area contributed by atoms with E-state index < -0.39 is 0 Å². The number of ether oxygens (including phenoxy) is 1. The smallest absolute Gasteiger partial charge is 0.326 e. The fraction of sp³-hybridized carbons (Fsp3) is 0.231. The van der Waals surface area contributed by atoms with E-state index >= 15 is 0 Å². The number of aryl methyl sites for hydroxylation is 2. The van der Waals surface area contributed by atoms with Gasteiger partial charge in [-0.05, 0) is 61.2 Å². The number of amides is 3. The Hall–Kier alpha value is -3.80. The van der Waals surface area contributed by atoms with Crippen molar-refractivity contribution in [2.24, 2.45) is 0 Å². The van der Waals surface area contributed by atoms with Gasteiger partial charge in [0.1, 0.15) is 11.5 Å². The van der Waals surface area contributed by atoms with E-state index in [2.05, 4.69) is 23.6 Å².